The number of hydrogen-bond acceptors (Lipinski definition) is 5. The van der Waals surface area contributed by atoms with Gasteiger partial charge in [0.1, 0.15) is 17.3 Å². The fraction of sp³-hybridized carbons (Fsp3) is 0.258. The second kappa shape index (κ2) is 10.9. The Morgan fingerprint density at radius 2 is 1.72 bits per heavy atom. The fourth-order valence-electron chi connectivity index (χ4n) is 5.88. The minimum atomic E-state index is -0.616. The highest BCUT2D eigenvalue weighted by Crippen LogP contribution is 2.37. The van der Waals surface area contributed by atoms with Crippen LogP contribution >= 0.6 is 0 Å². The van der Waals surface area contributed by atoms with Gasteiger partial charge in [-0.2, -0.15) is 0 Å². The van der Waals surface area contributed by atoms with E-state index >= 15 is 8.78 Å². The number of nitrogens with one attached hydrogen (secondary N) is 2. The summed E-state index contributed by atoms with van der Waals surface area (Å²) in [5.74, 6) is -0.578. The third-order valence-electron chi connectivity index (χ3n) is 7.91. The summed E-state index contributed by atoms with van der Waals surface area (Å²) in [6.07, 6.45) is 0.807. The van der Waals surface area contributed by atoms with Crippen molar-refractivity contribution in [1.82, 2.24) is 25.9 Å². The first-order valence-corrected chi connectivity index (χ1v) is 13.3. The van der Waals surface area contributed by atoms with Gasteiger partial charge in [-0.25, -0.2) is 13.9 Å². The lowest BCUT2D eigenvalue weighted by Crippen LogP contribution is -2.43. The molecular weight excluding hydrogens is 494 g/mol. The SMILES string of the molecule is C[C@@H](NCC1CCN(c2c(F)cc(-c3nnn[nH]3)cc2F)CC1c1ccccc1)c1cccc2ccccc12. The number of hydrogen-bond donors (Lipinski definition) is 2. The van der Waals surface area contributed by atoms with E-state index in [4.69, 9.17) is 0 Å². The molecule has 2 heterocycles. The van der Waals surface area contributed by atoms with Gasteiger partial charge in [0.25, 0.3) is 0 Å². The highest BCUT2D eigenvalue weighted by Gasteiger charge is 2.33. The van der Waals surface area contributed by atoms with Gasteiger partial charge in [-0.15, -0.1) is 5.10 Å². The van der Waals surface area contributed by atoms with Crippen molar-refractivity contribution in [2.45, 2.75) is 25.3 Å². The quantitative estimate of drug-likeness (QED) is 0.263. The van der Waals surface area contributed by atoms with Gasteiger partial charge in [0, 0.05) is 30.6 Å². The zero-order valence-electron chi connectivity index (χ0n) is 21.7. The van der Waals surface area contributed by atoms with E-state index in [-0.39, 0.29) is 29.0 Å². The van der Waals surface area contributed by atoms with Crippen LogP contribution in [0, 0.1) is 17.6 Å². The molecule has 6 rings (SSSR count). The van der Waals surface area contributed by atoms with E-state index in [0.717, 1.165) is 13.0 Å². The number of anilines is 1. The predicted molar refractivity (Wildman–Crippen MR) is 149 cm³/mol. The summed E-state index contributed by atoms with van der Waals surface area (Å²) < 4.78 is 30.6. The van der Waals surface area contributed by atoms with Crippen molar-refractivity contribution in [2.24, 2.45) is 5.92 Å². The lowest BCUT2D eigenvalue weighted by Gasteiger charge is -2.41. The molecule has 1 aliphatic heterocycles. The van der Waals surface area contributed by atoms with Gasteiger partial charge in [0.05, 0.1) is 0 Å². The van der Waals surface area contributed by atoms with E-state index in [1.807, 2.05) is 23.1 Å². The van der Waals surface area contributed by atoms with Crippen molar-refractivity contribution in [2.75, 3.05) is 24.5 Å². The summed E-state index contributed by atoms with van der Waals surface area (Å²) in [7, 11) is 0. The molecule has 39 heavy (non-hydrogen) atoms. The van der Waals surface area contributed by atoms with Crippen molar-refractivity contribution in [3.05, 3.63) is 108 Å². The van der Waals surface area contributed by atoms with Crippen LogP contribution in [0.25, 0.3) is 22.2 Å². The molecule has 5 aromatic rings. The van der Waals surface area contributed by atoms with Crippen LogP contribution in [-0.2, 0) is 0 Å². The molecule has 1 fully saturated rings. The smallest absolute Gasteiger partial charge is 0.179 e. The number of nitrogens with zero attached hydrogens (tertiary/aromatic N) is 4. The molecule has 198 valence electrons. The van der Waals surface area contributed by atoms with Crippen molar-refractivity contribution < 1.29 is 8.78 Å². The maximum absolute atomic E-state index is 15.3. The zero-order valence-corrected chi connectivity index (χ0v) is 21.7. The van der Waals surface area contributed by atoms with Crippen LogP contribution in [0.3, 0.4) is 0 Å². The Morgan fingerprint density at radius 3 is 2.49 bits per heavy atom. The molecule has 0 amide bonds. The molecule has 2 unspecified atom stereocenters. The summed E-state index contributed by atoms with van der Waals surface area (Å²) >= 11 is 0. The van der Waals surface area contributed by atoms with Crippen molar-refractivity contribution in [3.63, 3.8) is 0 Å². The molecule has 4 aromatic carbocycles. The Kier molecular flexibility index (Phi) is 7.02. The lowest BCUT2D eigenvalue weighted by molar-refractivity contribution is 0.322. The first-order valence-electron chi connectivity index (χ1n) is 13.3. The monoisotopic (exact) mass is 524 g/mol. The molecule has 6 nitrogen and oxygen atoms in total. The number of halogens is 2. The Morgan fingerprint density at radius 1 is 0.974 bits per heavy atom. The fourth-order valence-corrected chi connectivity index (χ4v) is 5.88. The number of aromatic amines is 1. The van der Waals surface area contributed by atoms with Crippen LogP contribution in [0.15, 0.2) is 84.9 Å². The molecule has 0 aliphatic carbocycles. The summed E-state index contributed by atoms with van der Waals surface area (Å²) in [4.78, 5) is 1.84. The molecule has 8 heteroatoms. The van der Waals surface area contributed by atoms with Crippen LogP contribution in [0.4, 0.5) is 14.5 Å². The Labute approximate surface area is 226 Å². The second-order valence-electron chi connectivity index (χ2n) is 10.2. The Hall–Kier alpha value is -4.17. The third kappa shape index (κ3) is 5.12. The first kappa shape index (κ1) is 25.1. The number of piperidine rings is 1. The lowest BCUT2D eigenvalue weighted by atomic mass is 9.80. The molecule has 0 saturated carbocycles. The van der Waals surface area contributed by atoms with Gasteiger partial charge < -0.3 is 10.2 Å². The van der Waals surface area contributed by atoms with Crippen molar-refractivity contribution >= 4 is 16.5 Å². The van der Waals surface area contributed by atoms with Crippen LogP contribution < -0.4 is 10.2 Å². The number of tetrazole rings is 1. The van der Waals surface area contributed by atoms with Crippen molar-refractivity contribution in [3.8, 4) is 11.4 Å². The number of benzene rings is 4. The van der Waals surface area contributed by atoms with E-state index in [2.05, 4.69) is 87.5 Å². The van der Waals surface area contributed by atoms with Crippen LogP contribution in [0.1, 0.15) is 36.4 Å². The van der Waals surface area contributed by atoms with Gasteiger partial charge in [-0.3, -0.25) is 0 Å². The summed E-state index contributed by atoms with van der Waals surface area (Å²) in [6.45, 7) is 4.09. The minimum absolute atomic E-state index is 0.00249. The number of aromatic nitrogens is 4. The van der Waals surface area contributed by atoms with Crippen molar-refractivity contribution in [1.29, 1.82) is 0 Å². The largest absolute Gasteiger partial charge is 0.366 e. The Balaban J connectivity index is 1.23. The van der Waals surface area contributed by atoms with E-state index in [0.29, 0.717) is 19.0 Å². The number of fused-ring (bicyclic) bond motifs is 1. The zero-order chi connectivity index (χ0) is 26.8. The van der Waals surface area contributed by atoms with Gasteiger partial charge in [-0.1, -0.05) is 72.8 Å². The average molecular weight is 525 g/mol. The topological polar surface area (TPSA) is 69.7 Å². The first-order chi connectivity index (χ1) is 19.1. The third-order valence-corrected chi connectivity index (χ3v) is 7.91. The molecule has 1 aromatic heterocycles. The minimum Gasteiger partial charge on any atom is -0.366 e. The molecule has 3 atom stereocenters. The van der Waals surface area contributed by atoms with E-state index in [1.54, 1.807) is 0 Å². The summed E-state index contributed by atoms with van der Waals surface area (Å²) in [5.41, 5.74) is 2.73. The van der Waals surface area contributed by atoms with Gasteiger partial charge in [-0.05, 0) is 70.3 Å². The maximum atomic E-state index is 15.3. The van der Waals surface area contributed by atoms with Crippen LogP contribution in [-0.4, -0.2) is 40.3 Å². The Bertz CT molecular complexity index is 1530. The molecule has 0 radical (unpaired) electrons. The van der Waals surface area contributed by atoms with Gasteiger partial charge >= 0.3 is 0 Å². The van der Waals surface area contributed by atoms with E-state index in [9.17, 15) is 0 Å². The highest BCUT2D eigenvalue weighted by molar-refractivity contribution is 5.86. The van der Waals surface area contributed by atoms with Crippen LogP contribution in [0.5, 0.6) is 0 Å². The molecular formula is C31H30F2N6. The van der Waals surface area contributed by atoms with Gasteiger partial charge in [0.15, 0.2) is 5.82 Å². The van der Waals surface area contributed by atoms with E-state index < -0.39 is 11.6 Å². The summed E-state index contributed by atoms with van der Waals surface area (Å²) in [5, 5.41) is 19.6. The molecule has 0 bridgehead atoms. The van der Waals surface area contributed by atoms with Crippen LogP contribution in [0.2, 0.25) is 0 Å². The maximum Gasteiger partial charge on any atom is 0.179 e. The summed E-state index contributed by atoms with van der Waals surface area (Å²) in [6, 6.07) is 27.9. The molecule has 1 aliphatic rings. The average Bonchev–Trinajstić information content (AvgIpc) is 3.51. The normalized spacial score (nSPS) is 18.4. The van der Waals surface area contributed by atoms with E-state index in [1.165, 1.54) is 34.0 Å². The molecule has 0 spiro atoms. The predicted octanol–water partition coefficient (Wildman–Crippen LogP) is 6.26. The number of H-pyrrole nitrogens is 1. The molecule has 2 N–H and O–H groups in total. The number of rotatable bonds is 7. The van der Waals surface area contributed by atoms with Gasteiger partial charge in [0.2, 0.25) is 0 Å². The second-order valence-corrected chi connectivity index (χ2v) is 10.2. The highest BCUT2D eigenvalue weighted by atomic mass is 19.1. The molecule has 1 saturated heterocycles. The standard InChI is InChI=1S/C31H30F2N6/c1-20(25-13-7-11-21-10-5-6-12-26(21)25)34-18-23-14-15-39(19-27(23)22-8-3-2-4-9-22)30-28(32)16-24(17-29(30)33)31-35-37-38-36-31/h2-13,16-17,20,23,27,34H,14-15,18-19H2,1H3,(H,35,36,37,38)/t20-,23?,27?/m1/s1.